The Morgan fingerprint density at radius 3 is 2.48 bits per heavy atom. The Hall–Kier alpha value is -1.50. The first-order chi connectivity index (χ1) is 11.1. The summed E-state index contributed by atoms with van der Waals surface area (Å²) in [5.41, 5.74) is 0.894. The number of benzene rings is 1. The number of carbonyl (C=O) groups is 1. The first-order valence-corrected chi connectivity index (χ1v) is 8.11. The molecule has 0 aliphatic carbocycles. The molecule has 3 rings (SSSR count). The van der Waals surface area contributed by atoms with Gasteiger partial charge < -0.3 is 14.8 Å². The molecule has 1 unspecified atom stereocenters. The van der Waals surface area contributed by atoms with Crippen LogP contribution in [0.1, 0.15) is 31.4 Å². The molecule has 2 saturated heterocycles. The highest BCUT2D eigenvalue weighted by Crippen LogP contribution is 2.31. The van der Waals surface area contributed by atoms with E-state index < -0.39 is 5.79 Å². The third kappa shape index (κ3) is 4.07. The minimum atomic E-state index is -0.408. The molecule has 6 heteroatoms. The average molecular weight is 322 g/mol. The van der Waals surface area contributed by atoms with E-state index in [1.54, 1.807) is 12.1 Å². The maximum atomic E-state index is 12.9. The van der Waals surface area contributed by atoms with Gasteiger partial charge in [0.25, 0.3) is 0 Å². The topological polar surface area (TPSA) is 50.8 Å². The molecule has 5 nitrogen and oxygen atoms in total. The Bertz CT molecular complexity index is 533. The van der Waals surface area contributed by atoms with Gasteiger partial charge in [0.15, 0.2) is 5.79 Å². The van der Waals surface area contributed by atoms with Crippen molar-refractivity contribution in [2.24, 2.45) is 0 Å². The van der Waals surface area contributed by atoms with E-state index >= 15 is 0 Å². The summed E-state index contributed by atoms with van der Waals surface area (Å²) in [4.78, 5) is 14.3. The fourth-order valence-corrected chi connectivity index (χ4v) is 3.16. The van der Waals surface area contributed by atoms with E-state index in [1.807, 2.05) is 6.92 Å². The Morgan fingerprint density at radius 2 is 1.87 bits per heavy atom. The smallest absolute Gasteiger partial charge is 0.234 e. The van der Waals surface area contributed by atoms with Gasteiger partial charge in [-0.1, -0.05) is 12.1 Å². The third-order valence-corrected chi connectivity index (χ3v) is 4.55. The fourth-order valence-electron chi connectivity index (χ4n) is 3.16. The Balaban J connectivity index is 1.45. The van der Waals surface area contributed by atoms with E-state index in [1.165, 1.54) is 12.1 Å². The van der Waals surface area contributed by atoms with Crippen molar-refractivity contribution in [3.63, 3.8) is 0 Å². The molecule has 2 heterocycles. The molecule has 0 aromatic heterocycles. The number of piperidine rings is 1. The van der Waals surface area contributed by atoms with Gasteiger partial charge in [-0.25, -0.2) is 4.39 Å². The minimum Gasteiger partial charge on any atom is -0.348 e. The Morgan fingerprint density at radius 1 is 1.26 bits per heavy atom. The van der Waals surface area contributed by atoms with Gasteiger partial charge in [-0.15, -0.1) is 0 Å². The molecule has 0 bridgehead atoms. The molecule has 1 aromatic carbocycles. The van der Waals surface area contributed by atoms with E-state index in [0.29, 0.717) is 19.8 Å². The highest BCUT2D eigenvalue weighted by molar-refractivity contribution is 5.78. The highest BCUT2D eigenvalue weighted by atomic mass is 19.1. The monoisotopic (exact) mass is 322 g/mol. The molecule has 2 aliphatic rings. The number of hydrogen-bond acceptors (Lipinski definition) is 4. The summed E-state index contributed by atoms with van der Waals surface area (Å²) in [5.74, 6) is -0.703. The van der Waals surface area contributed by atoms with Crippen LogP contribution in [0.5, 0.6) is 0 Å². The second kappa shape index (κ2) is 6.95. The second-order valence-corrected chi connectivity index (χ2v) is 6.22. The van der Waals surface area contributed by atoms with Gasteiger partial charge in [0.1, 0.15) is 5.82 Å². The Labute approximate surface area is 135 Å². The van der Waals surface area contributed by atoms with Gasteiger partial charge in [0, 0.05) is 25.9 Å². The second-order valence-electron chi connectivity index (χ2n) is 6.22. The SMILES string of the molecule is CC(NC(=O)CN1CCC2(CC1)OCCO2)c1ccc(F)cc1. The van der Waals surface area contributed by atoms with Crippen molar-refractivity contribution in [1.82, 2.24) is 10.2 Å². The highest BCUT2D eigenvalue weighted by Gasteiger charge is 2.39. The van der Waals surface area contributed by atoms with Crippen LogP contribution < -0.4 is 5.32 Å². The van der Waals surface area contributed by atoms with Crippen LogP contribution in [0.3, 0.4) is 0 Å². The molecule has 1 amide bonds. The zero-order chi connectivity index (χ0) is 16.3. The van der Waals surface area contributed by atoms with Crippen LogP contribution >= 0.6 is 0 Å². The lowest BCUT2D eigenvalue weighted by molar-refractivity contribution is -0.185. The number of ether oxygens (including phenoxy) is 2. The molecule has 1 N–H and O–H groups in total. The maximum Gasteiger partial charge on any atom is 0.234 e. The van der Waals surface area contributed by atoms with Gasteiger partial charge in [0.2, 0.25) is 5.91 Å². The lowest BCUT2D eigenvalue weighted by atomic mass is 10.0. The molecule has 126 valence electrons. The van der Waals surface area contributed by atoms with Crippen LogP contribution in [0.2, 0.25) is 0 Å². The van der Waals surface area contributed by atoms with Crippen LogP contribution in [0.25, 0.3) is 0 Å². The number of rotatable bonds is 4. The molecule has 1 aromatic rings. The van der Waals surface area contributed by atoms with Gasteiger partial charge in [0.05, 0.1) is 25.8 Å². The van der Waals surface area contributed by atoms with E-state index in [-0.39, 0.29) is 17.8 Å². The number of nitrogens with zero attached hydrogens (tertiary/aromatic N) is 1. The predicted molar refractivity (Wildman–Crippen MR) is 83.3 cm³/mol. The number of hydrogen-bond donors (Lipinski definition) is 1. The zero-order valence-corrected chi connectivity index (χ0v) is 13.4. The van der Waals surface area contributed by atoms with E-state index in [4.69, 9.17) is 9.47 Å². The minimum absolute atomic E-state index is 0.0222. The summed E-state index contributed by atoms with van der Waals surface area (Å²) in [6.07, 6.45) is 1.60. The van der Waals surface area contributed by atoms with Crippen molar-refractivity contribution in [3.8, 4) is 0 Å². The van der Waals surface area contributed by atoms with Crippen molar-refractivity contribution in [2.45, 2.75) is 31.6 Å². The van der Waals surface area contributed by atoms with Gasteiger partial charge in [-0.05, 0) is 24.6 Å². The average Bonchev–Trinajstić information content (AvgIpc) is 2.99. The van der Waals surface area contributed by atoms with Crippen LogP contribution in [-0.4, -0.2) is 49.4 Å². The van der Waals surface area contributed by atoms with Crippen molar-refractivity contribution >= 4 is 5.91 Å². The van der Waals surface area contributed by atoms with Crippen LogP contribution in [0.15, 0.2) is 24.3 Å². The number of amides is 1. The largest absolute Gasteiger partial charge is 0.348 e. The summed E-state index contributed by atoms with van der Waals surface area (Å²) in [5, 5.41) is 2.96. The summed E-state index contributed by atoms with van der Waals surface area (Å²) in [7, 11) is 0. The zero-order valence-electron chi connectivity index (χ0n) is 13.4. The summed E-state index contributed by atoms with van der Waals surface area (Å²) in [6, 6.07) is 6.06. The van der Waals surface area contributed by atoms with E-state index in [0.717, 1.165) is 31.5 Å². The molecule has 23 heavy (non-hydrogen) atoms. The van der Waals surface area contributed by atoms with Crippen molar-refractivity contribution < 1.29 is 18.7 Å². The first kappa shape index (κ1) is 16.4. The number of carbonyl (C=O) groups excluding carboxylic acids is 1. The van der Waals surface area contributed by atoms with Crippen LogP contribution in [0, 0.1) is 5.82 Å². The molecule has 2 aliphatic heterocycles. The van der Waals surface area contributed by atoms with Gasteiger partial charge in [-0.2, -0.15) is 0 Å². The van der Waals surface area contributed by atoms with Crippen molar-refractivity contribution in [2.75, 3.05) is 32.8 Å². The number of nitrogens with one attached hydrogen (secondary N) is 1. The molecule has 0 saturated carbocycles. The van der Waals surface area contributed by atoms with E-state index in [9.17, 15) is 9.18 Å². The molecular formula is C17H23FN2O3. The molecule has 2 fully saturated rings. The summed E-state index contributed by atoms with van der Waals surface area (Å²) in [6.45, 7) is 5.17. The quantitative estimate of drug-likeness (QED) is 0.919. The van der Waals surface area contributed by atoms with Gasteiger partial charge in [-0.3, -0.25) is 9.69 Å². The summed E-state index contributed by atoms with van der Waals surface area (Å²) < 4.78 is 24.3. The number of likely N-dealkylation sites (tertiary alicyclic amines) is 1. The summed E-state index contributed by atoms with van der Waals surface area (Å²) >= 11 is 0. The van der Waals surface area contributed by atoms with Crippen molar-refractivity contribution in [3.05, 3.63) is 35.6 Å². The van der Waals surface area contributed by atoms with E-state index in [2.05, 4.69) is 10.2 Å². The van der Waals surface area contributed by atoms with Crippen molar-refractivity contribution in [1.29, 1.82) is 0 Å². The Kier molecular flexibility index (Phi) is 4.94. The standard InChI is InChI=1S/C17H23FN2O3/c1-13(14-2-4-15(18)5-3-14)19-16(21)12-20-8-6-17(7-9-20)22-10-11-23-17/h2-5,13H,6-12H2,1H3,(H,19,21). The van der Waals surface area contributed by atoms with Gasteiger partial charge >= 0.3 is 0 Å². The maximum absolute atomic E-state index is 12.9. The third-order valence-electron chi connectivity index (χ3n) is 4.55. The predicted octanol–water partition coefficient (Wildman–Crippen LogP) is 1.84. The van der Waals surface area contributed by atoms with Crippen LogP contribution in [0.4, 0.5) is 4.39 Å². The lowest BCUT2D eigenvalue weighted by Gasteiger charge is -2.37. The van der Waals surface area contributed by atoms with Crippen LogP contribution in [-0.2, 0) is 14.3 Å². The number of halogens is 1. The molecule has 1 spiro atoms. The normalized spacial score (nSPS) is 22.2. The lowest BCUT2D eigenvalue weighted by Crippen LogP contribution is -2.48. The molecular weight excluding hydrogens is 299 g/mol. The molecule has 1 atom stereocenters. The molecule has 0 radical (unpaired) electrons. The first-order valence-electron chi connectivity index (χ1n) is 8.11. The fraction of sp³-hybridized carbons (Fsp3) is 0.588.